The van der Waals surface area contributed by atoms with Crippen molar-refractivity contribution < 1.29 is 28.7 Å². The average Bonchev–Trinajstić information content (AvgIpc) is 2.89. The van der Waals surface area contributed by atoms with E-state index in [0.29, 0.717) is 12.0 Å². The van der Waals surface area contributed by atoms with Crippen LogP contribution in [-0.4, -0.2) is 59.4 Å². The maximum Gasteiger partial charge on any atom is 0.407 e. The second kappa shape index (κ2) is 11.3. The van der Waals surface area contributed by atoms with Crippen molar-refractivity contribution in [2.45, 2.75) is 43.5 Å². The van der Waals surface area contributed by atoms with Gasteiger partial charge in [0, 0.05) is 11.6 Å². The van der Waals surface area contributed by atoms with Crippen molar-refractivity contribution in [2.75, 3.05) is 6.61 Å². The van der Waals surface area contributed by atoms with Crippen molar-refractivity contribution in [1.82, 2.24) is 15.5 Å². The second-order valence-corrected chi connectivity index (χ2v) is 9.63. The summed E-state index contributed by atoms with van der Waals surface area (Å²) in [5.74, 6) is -1.07. The molecule has 2 heterocycles. The van der Waals surface area contributed by atoms with Crippen molar-refractivity contribution in [2.24, 2.45) is 0 Å². The number of benzene rings is 2. The third kappa shape index (κ3) is 5.38. The molecule has 4 rings (SSSR count). The quantitative estimate of drug-likeness (QED) is 0.304. The van der Waals surface area contributed by atoms with Gasteiger partial charge < -0.3 is 25.0 Å². The first-order valence-electron chi connectivity index (χ1n) is 11.5. The monoisotopic (exact) mass is 509 g/mol. The molecular weight excluding hydrogens is 482 g/mol. The average molecular weight is 510 g/mol. The highest BCUT2D eigenvalue weighted by Gasteiger charge is 2.56. The van der Waals surface area contributed by atoms with E-state index in [1.165, 1.54) is 16.7 Å². The molecule has 0 bridgehead atoms. The first-order chi connectivity index (χ1) is 17.4. The Morgan fingerprint density at radius 2 is 1.67 bits per heavy atom. The van der Waals surface area contributed by atoms with Gasteiger partial charge in [0.15, 0.2) is 12.1 Å². The number of amides is 3. The number of hydrogen-bond donors (Lipinski definition) is 2. The van der Waals surface area contributed by atoms with Gasteiger partial charge in [-0.1, -0.05) is 60.7 Å². The van der Waals surface area contributed by atoms with E-state index >= 15 is 0 Å². The number of carbonyl (C=O) groups excluding carboxylic acids is 4. The Labute approximate surface area is 213 Å². The van der Waals surface area contributed by atoms with Crippen LogP contribution in [0.4, 0.5) is 4.79 Å². The molecule has 36 heavy (non-hydrogen) atoms. The smallest absolute Gasteiger partial charge is 0.407 e. The third-order valence-corrected chi connectivity index (χ3v) is 6.97. The van der Waals surface area contributed by atoms with Crippen molar-refractivity contribution >= 4 is 36.1 Å². The minimum absolute atomic E-state index is 0.123. The Kier molecular flexibility index (Phi) is 7.94. The minimum Gasteiger partial charge on any atom is -0.451 e. The second-order valence-electron chi connectivity index (χ2n) is 8.64. The summed E-state index contributed by atoms with van der Waals surface area (Å²) in [6.45, 7) is 3.40. The van der Waals surface area contributed by atoms with E-state index in [-0.39, 0.29) is 12.6 Å². The molecule has 3 atom stereocenters. The van der Waals surface area contributed by atoms with Gasteiger partial charge in [-0.25, -0.2) is 9.59 Å². The molecule has 2 aliphatic rings. The normalized spacial score (nSPS) is 20.7. The van der Waals surface area contributed by atoms with Crippen LogP contribution in [0.25, 0.3) is 0 Å². The van der Waals surface area contributed by atoms with Gasteiger partial charge in [-0.15, -0.1) is 11.8 Å². The predicted octanol–water partition coefficient (Wildman–Crippen LogP) is 2.74. The maximum absolute atomic E-state index is 13.7. The number of thioether (sulfide) groups is 1. The molecule has 9 nitrogen and oxygen atoms in total. The summed E-state index contributed by atoms with van der Waals surface area (Å²) in [5.41, 5.74) is 1.96. The van der Waals surface area contributed by atoms with E-state index in [0.717, 1.165) is 11.1 Å². The SMILES string of the molecule is CC(C)NC(=O)OCC1=CS[C@@H]2[C@H](NC=O)C(=O)N2C1C(=O)OC(c1ccccc1)c1ccccc1. The van der Waals surface area contributed by atoms with Gasteiger partial charge in [-0.3, -0.25) is 9.59 Å². The number of alkyl carbamates (subject to hydrolysis) is 1. The van der Waals surface area contributed by atoms with Crippen LogP contribution in [0.15, 0.2) is 71.6 Å². The first kappa shape index (κ1) is 25.3. The molecular formula is C26H27N3O6S. The van der Waals surface area contributed by atoms with Crippen molar-refractivity contribution in [3.63, 3.8) is 0 Å². The van der Waals surface area contributed by atoms with Crippen LogP contribution >= 0.6 is 11.8 Å². The number of hydrogen-bond acceptors (Lipinski definition) is 7. The topological polar surface area (TPSA) is 114 Å². The maximum atomic E-state index is 13.7. The largest absolute Gasteiger partial charge is 0.451 e. The van der Waals surface area contributed by atoms with Gasteiger partial charge in [0.05, 0.1) is 0 Å². The fraction of sp³-hybridized carbons (Fsp3) is 0.308. The molecule has 1 fully saturated rings. The number of nitrogens with zero attached hydrogens (tertiary/aromatic N) is 1. The number of ether oxygens (including phenoxy) is 2. The zero-order valence-electron chi connectivity index (χ0n) is 19.8. The summed E-state index contributed by atoms with van der Waals surface area (Å²) in [4.78, 5) is 51.0. The van der Waals surface area contributed by atoms with E-state index in [1.807, 2.05) is 60.7 Å². The number of nitrogens with one attached hydrogen (secondary N) is 2. The molecule has 10 heteroatoms. The van der Waals surface area contributed by atoms with Crippen LogP contribution in [0.3, 0.4) is 0 Å². The summed E-state index contributed by atoms with van der Waals surface area (Å²) >= 11 is 1.27. The van der Waals surface area contributed by atoms with E-state index in [4.69, 9.17) is 9.47 Å². The molecule has 1 unspecified atom stereocenters. The molecule has 2 aromatic carbocycles. The lowest BCUT2D eigenvalue weighted by Gasteiger charge is -2.51. The molecule has 0 aliphatic carbocycles. The molecule has 0 saturated carbocycles. The van der Waals surface area contributed by atoms with Crippen LogP contribution in [0.2, 0.25) is 0 Å². The van der Waals surface area contributed by atoms with Gasteiger partial charge in [0.25, 0.3) is 0 Å². The van der Waals surface area contributed by atoms with Gasteiger partial charge in [-0.05, 0) is 30.4 Å². The van der Waals surface area contributed by atoms with Gasteiger partial charge in [0.1, 0.15) is 18.0 Å². The molecule has 2 aliphatic heterocycles. The highest BCUT2D eigenvalue weighted by Crippen LogP contribution is 2.41. The Hall–Kier alpha value is -3.79. The summed E-state index contributed by atoms with van der Waals surface area (Å²) in [5, 5.41) is 6.35. The zero-order chi connectivity index (χ0) is 25.7. The van der Waals surface area contributed by atoms with Gasteiger partial charge in [-0.2, -0.15) is 0 Å². The Morgan fingerprint density at radius 1 is 1.06 bits per heavy atom. The summed E-state index contributed by atoms with van der Waals surface area (Å²) in [7, 11) is 0. The molecule has 2 aromatic rings. The highest BCUT2D eigenvalue weighted by atomic mass is 32.2. The fourth-order valence-corrected chi connectivity index (χ4v) is 5.32. The predicted molar refractivity (Wildman–Crippen MR) is 134 cm³/mol. The lowest BCUT2D eigenvalue weighted by molar-refractivity contribution is -0.165. The Bertz CT molecular complexity index is 1100. The van der Waals surface area contributed by atoms with Crippen molar-refractivity contribution in [1.29, 1.82) is 0 Å². The van der Waals surface area contributed by atoms with Crippen LogP contribution in [-0.2, 0) is 23.9 Å². The molecule has 0 aromatic heterocycles. The van der Waals surface area contributed by atoms with Crippen LogP contribution in [0.5, 0.6) is 0 Å². The standard InChI is InChI=1S/C26H27N3O6S/c1-16(2)28-26(33)34-13-19-14-36-24-20(27-15-30)23(31)29(24)21(19)25(32)35-22(17-9-5-3-6-10-17)18-11-7-4-8-12-18/h3-12,14-16,20-22,24H,13H2,1-2H3,(H,27,30)(H,28,33)/t20-,21?,24-/m1/s1. The number of β-lactam (4-membered cyclic amide) rings is 1. The third-order valence-electron chi connectivity index (χ3n) is 5.75. The Balaban J connectivity index is 1.61. The van der Waals surface area contributed by atoms with Crippen LogP contribution in [0.1, 0.15) is 31.1 Å². The molecule has 2 N–H and O–H groups in total. The summed E-state index contributed by atoms with van der Waals surface area (Å²) < 4.78 is 11.3. The molecule has 3 amide bonds. The Morgan fingerprint density at radius 3 is 2.22 bits per heavy atom. The summed E-state index contributed by atoms with van der Waals surface area (Å²) in [6.07, 6.45) is -0.876. The van der Waals surface area contributed by atoms with E-state index in [9.17, 15) is 19.2 Å². The number of fused-ring (bicyclic) bond motifs is 1. The number of esters is 1. The summed E-state index contributed by atoms with van der Waals surface area (Å²) in [6, 6.07) is 16.6. The van der Waals surface area contributed by atoms with Gasteiger partial charge in [0.2, 0.25) is 12.3 Å². The van der Waals surface area contributed by atoms with Crippen LogP contribution < -0.4 is 10.6 Å². The van der Waals surface area contributed by atoms with Gasteiger partial charge >= 0.3 is 12.1 Å². The van der Waals surface area contributed by atoms with E-state index in [2.05, 4.69) is 10.6 Å². The first-order valence-corrected chi connectivity index (χ1v) is 12.4. The van der Waals surface area contributed by atoms with E-state index < -0.39 is 41.5 Å². The fourth-order valence-electron chi connectivity index (χ4n) is 4.10. The number of carbonyl (C=O) groups is 4. The molecule has 1 saturated heterocycles. The minimum atomic E-state index is -1.10. The van der Waals surface area contributed by atoms with E-state index in [1.54, 1.807) is 19.3 Å². The zero-order valence-corrected chi connectivity index (χ0v) is 20.6. The van der Waals surface area contributed by atoms with Crippen LogP contribution in [0, 0.1) is 0 Å². The van der Waals surface area contributed by atoms with Crippen molar-refractivity contribution in [3.05, 3.63) is 82.8 Å². The van der Waals surface area contributed by atoms with Crippen molar-refractivity contribution in [3.8, 4) is 0 Å². The number of rotatable bonds is 9. The lowest BCUT2D eigenvalue weighted by atomic mass is 9.97. The molecule has 188 valence electrons. The molecule has 0 radical (unpaired) electrons. The lowest BCUT2D eigenvalue weighted by Crippen LogP contribution is -2.73. The molecule has 0 spiro atoms. The highest BCUT2D eigenvalue weighted by molar-refractivity contribution is 8.02.